The number of carbonyl (C=O) groups excluding carboxylic acids is 3. The summed E-state index contributed by atoms with van der Waals surface area (Å²) in [6.45, 7) is 7.71. The Morgan fingerprint density at radius 1 is 1.19 bits per heavy atom. The number of halogens is 1. The van der Waals surface area contributed by atoms with Crippen molar-refractivity contribution in [3.05, 3.63) is 51.9 Å². The van der Waals surface area contributed by atoms with Crippen LogP contribution < -0.4 is 10.6 Å². The van der Waals surface area contributed by atoms with Gasteiger partial charge in [0, 0.05) is 30.4 Å². The lowest BCUT2D eigenvalue weighted by Gasteiger charge is -2.47. The number of ether oxygens (including phenoxy) is 1. The third kappa shape index (κ3) is 2.74. The number of carbonyl (C=O) groups is 3. The van der Waals surface area contributed by atoms with Gasteiger partial charge in [0.1, 0.15) is 17.0 Å². The molecular weight excluding hydrogens is 459 g/mol. The minimum Gasteiger partial charge on any atom is -0.445 e. The molecule has 1 saturated carbocycles. The van der Waals surface area contributed by atoms with Gasteiger partial charge in [0.25, 0.3) is 0 Å². The van der Waals surface area contributed by atoms with Crippen molar-refractivity contribution in [1.82, 2.24) is 0 Å². The van der Waals surface area contributed by atoms with Gasteiger partial charge in [-0.15, -0.1) is 0 Å². The van der Waals surface area contributed by atoms with Crippen molar-refractivity contribution in [3.63, 3.8) is 0 Å². The first-order valence-corrected chi connectivity index (χ1v) is 13.1. The van der Waals surface area contributed by atoms with E-state index in [1.54, 1.807) is 6.92 Å². The van der Waals surface area contributed by atoms with Crippen LogP contribution in [0.2, 0.25) is 0 Å². The van der Waals surface area contributed by atoms with Gasteiger partial charge in [-0.2, -0.15) is 0 Å². The van der Waals surface area contributed by atoms with E-state index in [0.717, 1.165) is 37.7 Å². The monoisotopic (exact) mass is 492 g/mol. The number of allylic oxidation sites excluding steroid dienone is 1. The lowest BCUT2D eigenvalue weighted by Crippen LogP contribution is -2.58. The predicted octanol–water partition coefficient (Wildman–Crippen LogP) is 5.05. The first-order valence-electron chi connectivity index (χ1n) is 13.1. The number of amides is 1. The Morgan fingerprint density at radius 2 is 1.89 bits per heavy atom. The van der Waals surface area contributed by atoms with Gasteiger partial charge in [0.05, 0.1) is 16.8 Å². The van der Waals surface area contributed by atoms with Crippen LogP contribution in [0.3, 0.4) is 0 Å². The number of nitrogens with zero attached hydrogens (tertiary/aromatic N) is 1. The molecule has 0 bridgehead atoms. The summed E-state index contributed by atoms with van der Waals surface area (Å²) in [7, 11) is 0. The SMILES string of the molecule is CCC(=O)C1=C(N)OC2=C(C(=O)CC(C)(C)C2)C12C(=O)N1c3c(cc(F)cc32)C(C)CC12CCCC2. The molecule has 2 N–H and O–H groups in total. The van der Waals surface area contributed by atoms with Crippen LogP contribution in [0.5, 0.6) is 0 Å². The molecule has 6 nitrogen and oxygen atoms in total. The first kappa shape index (κ1) is 23.4. The minimum atomic E-state index is -1.77. The molecule has 1 amide bonds. The maximum atomic E-state index is 15.3. The highest BCUT2D eigenvalue weighted by Crippen LogP contribution is 2.64. The van der Waals surface area contributed by atoms with Crippen molar-refractivity contribution in [2.24, 2.45) is 11.1 Å². The van der Waals surface area contributed by atoms with Crippen LogP contribution in [0.15, 0.2) is 34.9 Å². The molecule has 1 aromatic rings. The van der Waals surface area contributed by atoms with Gasteiger partial charge in [0.15, 0.2) is 17.4 Å². The second-order valence-corrected chi connectivity index (χ2v) is 12.2. The number of ketones is 2. The lowest BCUT2D eigenvalue weighted by atomic mass is 9.61. The number of fused-ring (bicyclic) bond motifs is 3. The molecular formula is C29H33FN2O4. The molecule has 0 aromatic heterocycles. The molecule has 2 spiro atoms. The molecule has 2 unspecified atom stereocenters. The number of hydrogen-bond donors (Lipinski definition) is 1. The molecule has 3 heterocycles. The predicted molar refractivity (Wildman–Crippen MR) is 132 cm³/mol. The number of hydrogen-bond acceptors (Lipinski definition) is 5. The molecule has 36 heavy (non-hydrogen) atoms. The summed E-state index contributed by atoms with van der Waals surface area (Å²) in [6, 6.07) is 2.87. The second kappa shape index (κ2) is 7.30. The van der Waals surface area contributed by atoms with Crippen LogP contribution in [0, 0.1) is 11.2 Å². The molecule has 2 atom stereocenters. The van der Waals surface area contributed by atoms with Crippen molar-refractivity contribution < 1.29 is 23.5 Å². The normalized spacial score (nSPS) is 29.7. The zero-order valence-electron chi connectivity index (χ0n) is 21.4. The standard InChI is InChI=1S/C29H33FN2O4/c1-5-19(33)23-25(31)36-21-14-27(3,4)13-20(34)22(21)29(23)18-11-16(30)10-17-15(2)12-28(8-6-7-9-28)32(24(17)18)26(29)35/h10-11,15H,5-9,12-14,31H2,1-4H3. The summed E-state index contributed by atoms with van der Waals surface area (Å²) in [5.41, 5.74) is 5.85. The largest absolute Gasteiger partial charge is 0.445 e. The fourth-order valence-electron chi connectivity index (χ4n) is 7.87. The van der Waals surface area contributed by atoms with E-state index in [-0.39, 0.29) is 53.3 Å². The van der Waals surface area contributed by atoms with E-state index in [1.807, 2.05) is 18.7 Å². The van der Waals surface area contributed by atoms with Crippen molar-refractivity contribution in [3.8, 4) is 0 Å². The molecule has 2 aliphatic carbocycles. The summed E-state index contributed by atoms with van der Waals surface area (Å²) in [6.07, 6.45) is 5.09. The van der Waals surface area contributed by atoms with E-state index < -0.39 is 22.2 Å². The highest BCUT2D eigenvalue weighted by molar-refractivity contribution is 6.25. The molecule has 0 saturated heterocycles. The quantitative estimate of drug-likeness (QED) is 0.624. The van der Waals surface area contributed by atoms with Crippen LogP contribution in [0.4, 0.5) is 10.1 Å². The van der Waals surface area contributed by atoms with Crippen LogP contribution in [-0.2, 0) is 24.5 Å². The Balaban J connectivity index is 1.75. The van der Waals surface area contributed by atoms with Crippen molar-refractivity contribution in [2.45, 2.75) is 95.9 Å². The van der Waals surface area contributed by atoms with Gasteiger partial charge in [-0.3, -0.25) is 14.4 Å². The molecule has 1 fully saturated rings. The van der Waals surface area contributed by atoms with Crippen molar-refractivity contribution in [2.75, 3.05) is 4.90 Å². The van der Waals surface area contributed by atoms with E-state index in [0.29, 0.717) is 23.4 Å². The van der Waals surface area contributed by atoms with Gasteiger partial charge in [-0.05, 0) is 48.3 Å². The number of Topliss-reactive ketones (excluding diaryl/α,β-unsaturated/α-hetero) is 2. The zero-order valence-corrected chi connectivity index (χ0v) is 21.4. The average molecular weight is 493 g/mol. The van der Waals surface area contributed by atoms with Gasteiger partial charge in [-0.1, -0.05) is 40.5 Å². The highest BCUT2D eigenvalue weighted by Gasteiger charge is 2.68. The second-order valence-electron chi connectivity index (χ2n) is 12.2. The van der Waals surface area contributed by atoms with Crippen LogP contribution in [-0.4, -0.2) is 23.0 Å². The van der Waals surface area contributed by atoms with E-state index in [9.17, 15) is 14.4 Å². The van der Waals surface area contributed by atoms with Gasteiger partial charge in [0.2, 0.25) is 5.91 Å². The lowest BCUT2D eigenvalue weighted by molar-refractivity contribution is -0.128. The van der Waals surface area contributed by atoms with E-state index in [4.69, 9.17) is 10.5 Å². The summed E-state index contributed by atoms with van der Waals surface area (Å²) >= 11 is 0. The summed E-state index contributed by atoms with van der Waals surface area (Å²) in [5, 5.41) is 0. The van der Waals surface area contributed by atoms with Gasteiger partial charge < -0.3 is 15.4 Å². The maximum absolute atomic E-state index is 15.3. The van der Waals surface area contributed by atoms with Crippen LogP contribution in [0.25, 0.3) is 0 Å². The van der Waals surface area contributed by atoms with E-state index in [2.05, 4.69) is 6.92 Å². The minimum absolute atomic E-state index is 0.00944. The van der Waals surface area contributed by atoms with Gasteiger partial charge >= 0.3 is 0 Å². The molecule has 3 aliphatic heterocycles. The zero-order chi connectivity index (χ0) is 25.8. The Hall–Kier alpha value is -2.96. The Bertz CT molecular complexity index is 1320. The molecule has 5 aliphatic rings. The molecule has 1 aromatic carbocycles. The molecule has 0 radical (unpaired) electrons. The maximum Gasteiger partial charge on any atom is 0.247 e. The Morgan fingerprint density at radius 3 is 2.56 bits per heavy atom. The van der Waals surface area contributed by atoms with Crippen molar-refractivity contribution >= 4 is 23.2 Å². The highest BCUT2D eigenvalue weighted by atomic mass is 19.1. The van der Waals surface area contributed by atoms with E-state index >= 15 is 4.39 Å². The fourth-order valence-corrected chi connectivity index (χ4v) is 7.87. The summed E-state index contributed by atoms with van der Waals surface area (Å²) in [5.74, 6) is -1.21. The molecule has 190 valence electrons. The van der Waals surface area contributed by atoms with Crippen LogP contribution >= 0.6 is 0 Å². The van der Waals surface area contributed by atoms with Gasteiger partial charge in [-0.25, -0.2) is 4.39 Å². The molecule has 7 heteroatoms. The first-order chi connectivity index (χ1) is 17.0. The Kier molecular flexibility index (Phi) is 4.75. The van der Waals surface area contributed by atoms with E-state index in [1.165, 1.54) is 12.1 Å². The third-order valence-corrected chi connectivity index (χ3v) is 9.15. The van der Waals surface area contributed by atoms with Crippen molar-refractivity contribution in [1.29, 1.82) is 0 Å². The van der Waals surface area contributed by atoms with Crippen LogP contribution in [0.1, 0.15) is 96.1 Å². The Labute approximate surface area is 210 Å². The summed E-state index contributed by atoms with van der Waals surface area (Å²) in [4.78, 5) is 44.3. The average Bonchev–Trinajstić information content (AvgIpc) is 3.33. The number of nitrogens with two attached hydrogens (primary N) is 1. The smallest absolute Gasteiger partial charge is 0.247 e. The topological polar surface area (TPSA) is 89.7 Å². The third-order valence-electron chi connectivity index (χ3n) is 9.15. The number of rotatable bonds is 2. The molecule has 6 rings (SSSR count). The fraction of sp³-hybridized carbons (Fsp3) is 0.552. The summed E-state index contributed by atoms with van der Waals surface area (Å²) < 4.78 is 21.3. The number of benzene rings is 1. The number of anilines is 1.